The van der Waals surface area contributed by atoms with Crippen LogP contribution in [0.15, 0.2) is 30.3 Å². The molecule has 2 N–H and O–H groups in total. The zero-order valence-electron chi connectivity index (χ0n) is 11.2. The van der Waals surface area contributed by atoms with E-state index in [1.165, 1.54) is 22.9 Å². The van der Waals surface area contributed by atoms with E-state index in [1.807, 2.05) is 6.07 Å². The maximum Gasteiger partial charge on any atom is 0.165 e. The molecule has 0 amide bonds. The van der Waals surface area contributed by atoms with Gasteiger partial charge >= 0.3 is 0 Å². The Morgan fingerprint density at radius 3 is 2.58 bits per heavy atom. The lowest BCUT2D eigenvalue weighted by atomic mass is 10.0. The topological polar surface area (TPSA) is 35.2 Å². The normalized spacial score (nSPS) is 12.4. The Bertz CT molecular complexity index is 553. The average Bonchev–Trinajstić information content (AvgIpc) is 2.86. The van der Waals surface area contributed by atoms with Gasteiger partial charge in [-0.15, -0.1) is 11.3 Å². The van der Waals surface area contributed by atoms with E-state index in [0.29, 0.717) is 0 Å². The Morgan fingerprint density at radius 1 is 1.26 bits per heavy atom. The zero-order valence-corrected chi connectivity index (χ0v) is 12.0. The molecule has 0 fully saturated rings. The molecule has 0 spiro atoms. The van der Waals surface area contributed by atoms with Crippen molar-refractivity contribution in [3.8, 4) is 5.75 Å². The van der Waals surface area contributed by atoms with Crippen LogP contribution in [0.1, 0.15) is 28.3 Å². The predicted octanol–water partition coefficient (Wildman–Crippen LogP) is 3.70. The Kier molecular flexibility index (Phi) is 4.56. The second kappa shape index (κ2) is 6.17. The molecule has 1 unspecified atom stereocenters. The fraction of sp³-hybridized carbons (Fsp3) is 0.333. The highest BCUT2D eigenvalue weighted by Crippen LogP contribution is 2.25. The lowest BCUT2D eigenvalue weighted by Gasteiger charge is -2.12. The number of aryl methyl sites for hydroxylation is 1. The van der Waals surface area contributed by atoms with E-state index in [9.17, 15) is 4.39 Å². The molecule has 19 heavy (non-hydrogen) atoms. The quantitative estimate of drug-likeness (QED) is 0.905. The highest BCUT2D eigenvalue weighted by Gasteiger charge is 2.12. The molecule has 1 aromatic carbocycles. The van der Waals surface area contributed by atoms with Gasteiger partial charge in [0.1, 0.15) is 0 Å². The monoisotopic (exact) mass is 279 g/mol. The van der Waals surface area contributed by atoms with Gasteiger partial charge in [0.25, 0.3) is 0 Å². The molecule has 2 aromatic rings. The van der Waals surface area contributed by atoms with Gasteiger partial charge in [0, 0.05) is 22.2 Å². The average molecular weight is 279 g/mol. The highest BCUT2D eigenvalue weighted by molar-refractivity contribution is 7.11. The summed E-state index contributed by atoms with van der Waals surface area (Å²) in [5, 5.41) is 0. The van der Waals surface area contributed by atoms with Crippen molar-refractivity contribution in [3.05, 3.63) is 51.5 Å². The molecule has 2 nitrogen and oxygen atoms in total. The molecular weight excluding hydrogens is 261 g/mol. The molecular formula is C15H18FNOS. The summed E-state index contributed by atoms with van der Waals surface area (Å²) in [6, 6.07) is 8.93. The van der Waals surface area contributed by atoms with Crippen molar-refractivity contribution in [1.29, 1.82) is 0 Å². The van der Waals surface area contributed by atoms with Gasteiger partial charge in [0.2, 0.25) is 0 Å². The van der Waals surface area contributed by atoms with E-state index in [4.69, 9.17) is 10.5 Å². The van der Waals surface area contributed by atoms with Gasteiger partial charge in [0.15, 0.2) is 11.6 Å². The first kappa shape index (κ1) is 14.0. The third-order valence-corrected chi connectivity index (χ3v) is 4.34. The first-order valence-electron chi connectivity index (χ1n) is 6.30. The number of thiophene rings is 1. The number of rotatable bonds is 5. The van der Waals surface area contributed by atoms with Crippen molar-refractivity contribution in [2.45, 2.75) is 25.8 Å². The van der Waals surface area contributed by atoms with Crippen molar-refractivity contribution >= 4 is 11.3 Å². The van der Waals surface area contributed by atoms with Crippen molar-refractivity contribution in [2.24, 2.45) is 5.73 Å². The molecule has 0 aliphatic rings. The molecule has 4 heteroatoms. The van der Waals surface area contributed by atoms with E-state index in [1.54, 1.807) is 17.4 Å². The number of nitrogens with two attached hydrogens (primary N) is 1. The summed E-state index contributed by atoms with van der Waals surface area (Å²) < 4.78 is 18.5. The first-order chi connectivity index (χ1) is 9.13. The maximum atomic E-state index is 13.6. The third-order valence-electron chi connectivity index (χ3n) is 3.09. The van der Waals surface area contributed by atoms with Crippen LogP contribution in [-0.2, 0) is 12.8 Å². The minimum atomic E-state index is -0.365. The summed E-state index contributed by atoms with van der Waals surface area (Å²) in [4.78, 5) is 2.59. The largest absolute Gasteiger partial charge is 0.494 e. The fourth-order valence-electron chi connectivity index (χ4n) is 1.97. The molecule has 0 aliphatic heterocycles. The first-order valence-corrected chi connectivity index (χ1v) is 7.12. The number of ether oxygens (including phenoxy) is 1. The van der Waals surface area contributed by atoms with Crippen LogP contribution in [0.4, 0.5) is 4.39 Å². The SMILES string of the molecule is CCc1ccc(CC(N)c2ccc(OC)c(F)c2)s1. The fourth-order valence-corrected chi connectivity index (χ4v) is 2.99. The summed E-state index contributed by atoms with van der Waals surface area (Å²) in [5.41, 5.74) is 6.93. The standard InChI is InChI=1S/C15H18FNOS/c1-3-11-5-6-12(19-11)9-14(17)10-4-7-15(18-2)13(16)8-10/h4-8,14H,3,9,17H2,1-2H3. The molecule has 0 aliphatic carbocycles. The van der Waals surface area contributed by atoms with Crippen molar-refractivity contribution in [2.75, 3.05) is 7.11 Å². The van der Waals surface area contributed by atoms with Gasteiger partial charge in [-0.2, -0.15) is 0 Å². The van der Waals surface area contributed by atoms with E-state index >= 15 is 0 Å². The molecule has 0 saturated carbocycles. The second-order valence-electron chi connectivity index (χ2n) is 4.43. The summed E-state index contributed by atoms with van der Waals surface area (Å²) >= 11 is 1.77. The van der Waals surface area contributed by atoms with Gasteiger partial charge in [-0.3, -0.25) is 0 Å². The van der Waals surface area contributed by atoms with Gasteiger partial charge in [0.05, 0.1) is 7.11 Å². The molecule has 102 valence electrons. The maximum absolute atomic E-state index is 13.6. The second-order valence-corrected chi connectivity index (χ2v) is 5.68. The number of hydrogen-bond donors (Lipinski definition) is 1. The lowest BCUT2D eigenvalue weighted by Crippen LogP contribution is -2.13. The van der Waals surface area contributed by atoms with E-state index in [0.717, 1.165) is 18.4 Å². The minimum Gasteiger partial charge on any atom is -0.494 e. The van der Waals surface area contributed by atoms with Crippen molar-refractivity contribution in [1.82, 2.24) is 0 Å². The Morgan fingerprint density at radius 2 is 2.00 bits per heavy atom. The molecule has 0 bridgehead atoms. The number of benzene rings is 1. The molecule has 1 aromatic heterocycles. The Balaban J connectivity index is 2.10. The van der Waals surface area contributed by atoms with Crippen molar-refractivity contribution < 1.29 is 9.13 Å². The lowest BCUT2D eigenvalue weighted by molar-refractivity contribution is 0.386. The minimum absolute atomic E-state index is 0.191. The van der Waals surface area contributed by atoms with Gasteiger partial charge in [-0.1, -0.05) is 13.0 Å². The van der Waals surface area contributed by atoms with Crippen LogP contribution in [0.3, 0.4) is 0 Å². The van der Waals surface area contributed by atoms with Crippen LogP contribution >= 0.6 is 11.3 Å². The number of halogens is 1. The third kappa shape index (κ3) is 3.33. The number of methoxy groups -OCH3 is 1. The summed E-state index contributed by atoms with van der Waals surface area (Å²) in [6.07, 6.45) is 1.77. The molecule has 0 saturated heterocycles. The Hall–Kier alpha value is -1.39. The van der Waals surface area contributed by atoms with Gasteiger partial charge in [-0.05, 0) is 36.2 Å². The molecule has 2 rings (SSSR count). The van der Waals surface area contributed by atoms with Crippen molar-refractivity contribution in [3.63, 3.8) is 0 Å². The predicted molar refractivity (Wildman–Crippen MR) is 77.3 cm³/mol. The smallest absolute Gasteiger partial charge is 0.165 e. The van der Waals surface area contributed by atoms with E-state index in [-0.39, 0.29) is 17.6 Å². The van der Waals surface area contributed by atoms with Crippen LogP contribution in [-0.4, -0.2) is 7.11 Å². The molecule has 0 radical (unpaired) electrons. The van der Waals surface area contributed by atoms with E-state index in [2.05, 4.69) is 19.1 Å². The molecule has 1 atom stereocenters. The van der Waals surface area contributed by atoms with Crippen LogP contribution in [0.5, 0.6) is 5.75 Å². The summed E-state index contributed by atoms with van der Waals surface area (Å²) in [5.74, 6) is -0.115. The number of hydrogen-bond acceptors (Lipinski definition) is 3. The van der Waals surface area contributed by atoms with Crippen LogP contribution in [0, 0.1) is 5.82 Å². The van der Waals surface area contributed by atoms with Crippen LogP contribution < -0.4 is 10.5 Å². The zero-order chi connectivity index (χ0) is 13.8. The summed E-state index contributed by atoms with van der Waals surface area (Å²) in [6.45, 7) is 2.13. The van der Waals surface area contributed by atoms with Crippen LogP contribution in [0.2, 0.25) is 0 Å². The van der Waals surface area contributed by atoms with Gasteiger partial charge in [-0.25, -0.2) is 4.39 Å². The molecule has 1 heterocycles. The van der Waals surface area contributed by atoms with Gasteiger partial charge < -0.3 is 10.5 Å². The highest BCUT2D eigenvalue weighted by atomic mass is 32.1. The van der Waals surface area contributed by atoms with Crippen LogP contribution in [0.25, 0.3) is 0 Å². The summed E-state index contributed by atoms with van der Waals surface area (Å²) in [7, 11) is 1.45. The van der Waals surface area contributed by atoms with E-state index < -0.39 is 0 Å². The Labute approximate surface area is 117 Å².